The molecule has 2 aliphatic rings. The lowest BCUT2D eigenvalue weighted by Gasteiger charge is -2.43. The molecule has 2 aromatic carbocycles. The molecule has 0 aliphatic carbocycles. The van der Waals surface area contributed by atoms with Crippen molar-refractivity contribution in [1.82, 2.24) is 15.1 Å². The van der Waals surface area contributed by atoms with Gasteiger partial charge in [-0.2, -0.15) is 0 Å². The van der Waals surface area contributed by atoms with Crippen molar-refractivity contribution in [3.63, 3.8) is 0 Å². The second kappa shape index (κ2) is 8.12. The van der Waals surface area contributed by atoms with Crippen LogP contribution in [0.2, 0.25) is 0 Å². The number of nitrogens with zero attached hydrogens (tertiary/aromatic N) is 2. The zero-order valence-electron chi connectivity index (χ0n) is 19.0. The second-order valence-corrected chi connectivity index (χ2v) is 9.94. The summed E-state index contributed by atoms with van der Waals surface area (Å²) >= 11 is 0. The van der Waals surface area contributed by atoms with Crippen LogP contribution in [0.4, 0.5) is 0 Å². The molecule has 1 spiro atoms. The highest BCUT2D eigenvalue weighted by molar-refractivity contribution is 5.94. The van der Waals surface area contributed by atoms with Gasteiger partial charge >= 0.3 is 0 Å². The average Bonchev–Trinajstić information content (AvgIpc) is 2.98. The van der Waals surface area contributed by atoms with Gasteiger partial charge in [0.05, 0.1) is 11.7 Å². The molecule has 0 bridgehead atoms. The first-order valence-corrected chi connectivity index (χ1v) is 11.2. The van der Waals surface area contributed by atoms with Gasteiger partial charge in [-0.3, -0.25) is 14.9 Å². The summed E-state index contributed by atoms with van der Waals surface area (Å²) in [4.78, 5) is 29.8. The van der Waals surface area contributed by atoms with Crippen molar-refractivity contribution in [2.45, 2.75) is 57.2 Å². The maximum atomic E-state index is 13.0. The van der Waals surface area contributed by atoms with Crippen molar-refractivity contribution < 1.29 is 9.59 Å². The highest BCUT2D eigenvalue weighted by atomic mass is 16.2. The Labute approximate surface area is 185 Å². The highest BCUT2D eigenvalue weighted by Crippen LogP contribution is 2.32. The molecule has 31 heavy (non-hydrogen) atoms. The Morgan fingerprint density at radius 3 is 2.23 bits per heavy atom. The molecule has 2 saturated heterocycles. The normalized spacial score (nSPS) is 21.0. The van der Waals surface area contributed by atoms with Crippen LogP contribution in [0, 0.1) is 0 Å². The van der Waals surface area contributed by atoms with Gasteiger partial charge in [0, 0.05) is 38.5 Å². The third-order valence-electron chi connectivity index (χ3n) is 6.87. The Balaban J connectivity index is 1.40. The van der Waals surface area contributed by atoms with Crippen molar-refractivity contribution in [2.75, 3.05) is 20.1 Å². The molecular formula is C26H33N3O2. The largest absolute Gasteiger partial charge is 0.338 e. The smallest absolute Gasteiger partial charge is 0.253 e. The molecule has 2 fully saturated rings. The van der Waals surface area contributed by atoms with Gasteiger partial charge in [0.1, 0.15) is 0 Å². The minimum atomic E-state index is -0.358. The molecule has 2 aliphatic heterocycles. The summed E-state index contributed by atoms with van der Waals surface area (Å²) in [6.07, 6.45) is 2.17. The summed E-state index contributed by atoms with van der Waals surface area (Å²) in [6, 6.07) is 17.9. The maximum Gasteiger partial charge on any atom is 0.253 e. The van der Waals surface area contributed by atoms with E-state index in [1.807, 2.05) is 47.2 Å². The first-order valence-electron chi connectivity index (χ1n) is 11.2. The van der Waals surface area contributed by atoms with Crippen LogP contribution in [0.25, 0.3) is 0 Å². The zero-order valence-corrected chi connectivity index (χ0v) is 19.0. The number of nitrogens with one attached hydrogen (secondary N) is 1. The Kier molecular flexibility index (Phi) is 5.65. The van der Waals surface area contributed by atoms with Gasteiger partial charge in [-0.25, -0.2) is 0 Å². The van der Waals surface area contributed by atoms with E-state index in [2.05, 4.69) is 50.4 Å². The summed E-state index contributed by atoms with van der Waals surface area (Å²) in [5.74, 6) is 0.213. The van der Waals surface area contributed by atoms with E-state index in [0.717, 1.165) is 24.0 Å². The molecule has 1 N–H and O–H groups in total. The summed E-state index contributed by atoms with van der Waals surface area (Å²) in [5.41, 5.74) is 2.82. The molecule has 5 nitrogen and oxygen atoms in total. The molecule has 2 aromatic rings. The van der Waals surface area contributed by atoms with E-state index in [4.69, 9.17) is 0 Å². The Hall–Kier alpha value is -2.66. The summed E-state index contributed by atoms with van der Waals surface area (Å²) in [5, 5.41) is 3.62. The van der Waals surface area contributed by atoms with Crippen molar-refractivity contribution in [3.05, 3.63) is 71.3 Å². The molecule has 1 atom stereocenters. The molecule has 4 rings (SSSR count). The molecule has 164 valence electrons. The predicted octanol–water partition coefficient (Wildman–Crippen LogP) is 3.59. The van der Waals surface area contributed by atoms with E-state index < -0.39 is 0 Å². The molecule has 2 amide bonds. The van der Waals surface area contributed by atoms with Crippen LogP contribution in [-0.4, -0.2) is 53.5 Å². The van der Waals surface area contributed by atoms with Crippen molar-refractivity contribution >= 4 is 11.8 Å². The highest BCUT2D eigenvalue weighted by Gasteiger charge is 2.50. The van der Waals surface area contributed by atoms with E-state index in [1.165, 1.54) is 5.56 Å². The van der Waals surface area contributed by atoms with Crippen LogP contribution >= 0.6 is 0 Å². The van der Waals surface area contributed by atoms with Gasteiger partial charge in [0.2, 0.25) is 5.91 Å². The Morgan fingerprint density at radius 2 is 1.65 bits per heavy atom. The van der Waals surface area contributed by atoms with E-state index in [-0.39, 0.29) is 28.9 Å². The fourth-order valence-electron chi connectivity index (χ4n) is 4.77. The quantitative estimate of drug-likeness (QED) is 0.827. The second-order valence-electron chi connectivity index (χ2n) is 9.94. The van der Waals surface area contributed by atoms with E-state index in [0.29, 0.717) is 19.5 Å². The van der Waals surface area contributed by atoms with Crippen LogP contribution in [0.3, 0.4) is 0 Å². The lowest BCUT2D eigenvalue weighted by atomic mass is 9.86. The van der Waals surface area contributed by atoms with Gasteiger partial charge in [-0.1, -0.05) is 63.2 Å². The standard InChI is InChI=1S/C26H33N3O2/c1-25(2,3)21-12-10-20(11-13-21)23(30)29-16-14-26(15-17-29)27-22(24(31)28(26)4)18-19-8-6-5-7-9-19/h5-13,22,27H,14-18H2,1-4H3. The predicted molar refractivity (Wildman–Crippen MR) is 123 cm³/mol. The number of likely N-dealkylation sites (tertiary alicyclic amines) is 1. The fraction of sp³-hybridized carbons (Fsp3) is 0.462. The lowest BCUT2D eigenvalue weighted by molar-refractivity contribution is -0.131. The summed E-state index contributed by atoms with van der Waals surface area (Å²) in [6.45, 7) is 7.80. The van der Waals surface area contributed by atoms with Crippen LogP contribution in [-0.2, 0) is 16.6 Å². The zero-order chi connectivity index (χ0) is 22.2. The lowest BCUT2D eigenvalue weighted by Crippen LogP contribution is -2.58. The van der Waals surface area contributed by atoms with Gasteiger partial charge in [-0.05, 0) is 35.1 Å². The van der Waals surface area contributed by atoms with Gasteiger partial charge in [-0.15, -0.1) is 0 Å². The molecule has 2 heterocycles. The Morgan fingerprint density at radius 1 is 1.03 bits per heavy atom. The minimum absolute atomic E-state index is 0.0701. The van der Waals surface area contributed by atoms with E-state index >= 15 is 0 Å². The number of rotatable bonds is 3. The average molecular weight is 420 g/mol. The topological polar surface area (TPSA) is 52.7 Å². The Bertz CT molecular complexity index is 939. The van der Waals surface area contributed by atoms with Gasteiger partial charge < -0.3 is 9.80 Å². The maximum absolute atomic E-state index is 13.0. The van der Waals surface area contributed by atoms with Crippen LogP contribution in [0.1, 0.15) is 55.1 Å². The molecule has 0 radical (unpaired) electrons. The summed E-state index contributed by atoms with van der Waals surface area (Å²) < 4.78 is 0. The van der Waals surface area contributed by atoms with Gasteiger partial charge in [0.25, 0.3) is 5.91 Å². The van der Waals surface area contributed by atoms with Gasteiger partial charge in [0.15, 0.2) is 0 Å². The number of carbonyl (C=O) groups is 2. The first-order chi connectivity index (χ1) is 14.7. The van der Waals surface area contributed by atoms with Crippen LogP contribution in [0.5, 0.6) is 0 Å². The number of amides is 2. The number of benzene rings is 2. The first kappa shape index (κ1) is 21.6. The van der Waals surface area contributed by atoms with Crippen molar-refractivity contribution in [1.29, 1.82) is 0 Å². The molecular weight excluding hydrogens is 386 g/mol. The number of likely N-dealkylation sites (N-methyl/N-ethyl adjacent to an activating group) is 1. The molecule has 1 unspecified atom stereocenters. The van der Waals surface area contributed by atoms with Crippen molar-refractivity contribution in [2.24, 2.45) is 0 Å². The SMILES string of the molecule is CN1C(=O)C(Cc2ccccc2)NC12CCN(C(=O)c1ccc(C(C)(C)C)cc1)CC2. The number of hydrogen-bond donors (Lipinski definition) is 1. The van der Waals surface area contributed by atoms with E-state index in [1.54, 1.807) is 0 Å². The summed E-state index contributed by atoms with van der Waals surface area (Å²) in [7, 11) is 1.89. The van der Waals surface area contributed by atoms with E-state index in [9.17, 15) is 9.59 Å². The third-order valence-corrected chi connectivity index (χ3v) is 6.87. The number of carbonyl (C=O) groups excluding carboxylic acids is 2. The molecule has 0 saturated carbocycles. The number of hydrogen-bond acceptors (Lipinski definition) is 3. The third kappa shape index (κ3) is 4.24. The van der Waals surface area contributed by atoms with Crippen LogP contribution < -0.4 is 5.32 Å². The monoisotopic (exact) mass is 419 g/mol. The van der Waals surface area contributed by atoms with Crippen LogP contribution in [0.15, 0.2) is 54.6 Å². The molecule has 0 aromatic heterocycles. The fourth-order valence-corrected chi connectivity index (χ4v) is 4.77. The number of piperidine rings is 1. The minimum Gasteiger partial charge on any atom is -0.338 e. The van der Waals surface area contributed by atoms with Crippen molar-refractivity contribution in [3.8, 4) is 0 Å². The molecule has 5 heteroatoms.